The third kappa shape index (κ3) is 5.75. The lowest BCUT2D eigenvalue weighted by molar-refractivity contribution is 0.323. The zero-order valence-corrected chi connectivity index (χ0v) is 18.1. The largest absolute Gasteiger partial charge is 0.497 e. The van der Waals surface area contributed by atoms with Gasteiger partial charge >= 0.3 is 0 Å². The highest BCUT2D eigenvalue weighted by Gasteiger charge is 2.12. The van der Waals surface area contributed by atoms with Gasteiger partial charge in [0.2, 0.25) is 10.0 Å². The van der Waals surface area contributed by atoms with Gasteiger partial charge in [-0.3, -0.25) is 0 Å². The third-order valence-electron chi connectivity index (χ3n) is 4.10. The Balaban J connectivity index is 1.78. The average molecular weight is 434 g/mol. The van der Waals surface area contributed by atoms with E-state index in [1.54, 1.807) is 18.9 Å². The normalized spacial score (nSPS) is 11.4. The van der Waals surface area contributed by atoms with Gasteiger partial charge in [-0.25, -0.2) is 17.8 Å². The molecular weight excluding hydrogens is 410 g/mol. The topological polar surface area (TPSA) is 82.4 Å². The standard InChI is InChI=1S/C20H23N3O4S2/c1-26-17-10-6-16(7-11-17)23-19(14-20(22-23)28-2)15-4-8-18(9-5-15)27-13-12-21-29(3,24)25/h4-11,14,21H,12-13H2,1-3H3. The second-order valence-corrected chi connectivity index (χ2v) is 8.88. The van der Waals surface area contributed by atoms with Gasteiger partial charge in [0, 0.05) is 12.1 Å². The van der Waals surface area contributed by atoms with Gasteiger partial charge in [0.1, 0.15) is 23.1 Å². The van der Waals surface area contributed by atoms with Crippen molar-refractivity contribution >= 4 is 21.8 Å². The fraction of sp³-hybridized carbons (Fsp3) is 0.250. The van der Waals surface area contributed by atoms with Crippen LogP contribution in [0.3, 0.4) is 0 Å². The van der Waals surface area contributed by atoms with Crippen molar-refractivity contribution < 1.29 is 17.9 Å². The van der Waals surface area contributed by atoms with Crippen LogP contribution in [0.15, 0.2) is 59.6 Å². The Labute approximate surface area is 175 Å². The Morgan fingerprint density at radius 3 is 2.31 bits per heavy atom. The molecule has 29 heavy (non-hydrogen) atoms. The number of methoxy groups -OCH3 is 1. The van der Waals surface area contributed by atoms with Gasteiger partial charge in [0.15, 0.2) is 0 Å². The lowest BCUT2D eigenvalue weighted by Gasteiger charge is -2.10. The van der Waals surface area contributed by atoms with Gasteiger partial charge in [0.25, 0.3) is 0 Å². The molecule has 0 aliphatic rings. The number of benzene rings is 2. The zero-order valence-electron chi connectivity index (χ0n) is 16.5. The molecule has 0 aliphatic carbocycles. The summed E-state index contributed by atoms with van der Waals surface area (Å²) in [5.74, 6) is 1.46. The zero-order chi connectivity index (χ0) is 20.9. The van der Waals surface area contributed by atoms with E-state index >= 15 is 0 Å². The van der Waals surface area contributed by atoms with E-state index in [4.69, 9.17) is 9.47 Å². The minimum absolute atomic E-state index is 0.224. The smallest absolute Gasteiger partial charge is 0.208 e. The predicted molar refractivity (Wildman–Crippen MR) is 116 cm³/mol. The van der Waals surface area contributed by atoms with Crippen molar-refractivity contribution in [3.8, 4) is 28.4 Å². The molecule has 2 aromatic carbocycles. The van der Waals surface area contributed by atoms with Crippen molar-refractivity contribution in [3.05, 3.63) is 54.6 Å². The second kappa shape index (κ2) is 9.34. The van der Waals surface area contributed by atoms with Gasteiger partial charge in [-0.05, 0) is 60.9 Å². The van der Waals surface area contributed by atoms with Crippen LogP contribution in [0.2, 0.25) is 0 Å². The van der Waals surface area contributed by atoms with Crippen LogP contribution in [-0.4, -0.2) is 51.0 Å². The summed E-state index contributed by atoms with van der Waals surface area (Å²) in [5.41, 5.74) is 2.90. The van der Waals surface area contributed by atoms with E-state index in [-0.39, 0.29) is 13.2 Å². The molecule has 1 heterocycles. The summed E-state index contributed by atoms with van der Waals surface area (Å²) in [6.45, 7) is 0.481. The van der Waals surface area contributed by atoms with Crippen molar-refractivity contribution in [1.29, 1.82) is 0 Å². The van der Waals surface area contributed by atoms with Crippen molar-refractivity contribution in [2.24, 2.45) is 0 Å². The molecule has 0 bridgehead atoms. The highest BCUT2D eigenvalue weighted by Crippen LogP contribution is 2.29. The van der Waals surface area contributed by atoms with Gasteiger partial charge in [-0.1, -0.05) is 0 Å². The van der Waals surface area contributed by atoms with Crippen molar-refractivity contribution in [3.63, 3.8) is 0 Å². The first-order chi connectivity index (χ1) is 13.9. The lowest BCUT2D eigenvalue weighted by atomic mass is 10.1. The van der Waals surface area contributed by atoms with Crippen LogP contribution in [0.5, 0.6) is 11.5 Å². The molecule has 3 aromatic rings. The Morgan fingerprint density at radius 2 is 1.72 bits per heavy atom. The molecule has 0 aliphatic heterocycles. The molecule has 0 atom stereocenters. The van der Waals surface area contributed by atoms with Crippen LogP contribution in [-0.2, 0) is 10.0 Å². The molecular formula is C20H23N3O4S2. The minimum Gasteiger partial charge on any atom is -0.497 e. The highest BCUT2D eigenvalue weighted by atomic mass is 32.2. The Bertz CT molecular complexity index is 1050. The highest BCUT2D eigenvalue weighted by molar-refractivity contribution is 7.98. The summed E-state index contributed by atoms with van der Waals surface area (Å²) in [7, 11) is -1.57. The maximum absolute atomic E-state index is 11.1. The Morgan fingerprint density at radius 1 is 1.07 bits per heavy atom. The molecule has 7 nitrogen and oxygen atoms in total. The quantitative estimate of drug-likeness (QED) is 0.412. The summed E-state index contributed by atoms with van der Waals surface area (Å²) >= 11 is 1.58. The number of hydrogen-bond donors (Lipinski definition) is 1. The molecule has 0 spiro atoms. The average Bonchev–Trinajstić information content (AvgIpc) is 3.15. The van der Waals surface area contributed by atoms with Crippen LogP contribution in [0, 0.1) is 0 Å². The van der Waals surface area contributed by atoms with Gasteiger partial charge in [0.05, 0.1) is 24.7 Å². The monoisotopic (exact) mass is 433 g/mol. The number of sulfonamides is 1. The van der Waals surface area contributed by atoms with Crippen molar-refractivity contribution in [2.75, 3.05) is 32.8 Å². The van der Waals surface area contributed by atoms with Crippen LogP contribution < -0.4 is 14.2 Å². The second-order valence-electron chi connectivity index (χ2n) is 6.22. The molecule has 0 radical (unpaired) electrons. The number of thioether (sulfide) groups is 1. The van der Waals surface area contributed by atoms with Gasteiger partial charge in [-0.2, -0.15) is 5.10 Å². The summed E-state index contributed by atoms with van der Waals surface area (Å²) in [5, 5.41) is 5.60. The van der Waals surface area contributed by atoms with Crippen LogP contribution in [0.25, 0.3) is 16.9 Å². The van der Waals surface area contributed by atoms with E-state index in [0.717, 1.165) is 34.0 Å². The van der Waals surface area contributed by atoms with E-state index in [1.807, 2.05) is 65.5 Å². The first-order valence-electron chi connectivity index (χ1n) is 8.86. The lowest BCUT2D eigenvalue weighted by Crippen LogP contribution is -2.26. The number of nitrogens with zero attached hydrogens (tertiary/aromatic N) is 2. The van der Waals surface area contributed by atoms with E-state index in [1.165, 1.54) is 0 Å². The number of nitrogens with one attached hydrogen (secondary N) is 1. The predicted octanol–water partition coefficient (Wildman–Crippen LogP) is 3.20. The molecule has 0 saturated heterocycles. The minimum atomic E-state index is -3.21. The van der Waals surface area contributed by atoms with Crippen LogP contribution >= 0.6 is 11.8 Å². The van der Waals surface area contributed by atoms with E-state index < -0.39 is 10.0 Å². The fourth-order valence-electron chi connectivity index (χ4n) is 2.70. The number of ether oxygens (including phenoxy) is 2. The number of hydrogen-bond acceptors (Lipinski definition) is 6. The molecule has 1 N–H and O–H groups in total. The molecule has 1 aromatic heterocycles. The molecule has 3 rings (SSSR count). The molecule has 0 saturated carbocycles. The summed E-state index contributed by atoms with van der Waals surface area (Å²) < 4.78 is 37.3. The van der Waals surface area contributed by atoms with Crippen LogP contribution in [0.1, 0.15) is 0 Å². The maximum Gasteiger partial charge on any atom is 0.208 e. The molecule has 9 heteroatoms. The summed E-state index contributed by atoms with van der Waals surface area (Å²) in [6.07, 6.45) is 3.11. The van der Waals surface area contributed by atoms with E-state index in [2.05, 4.69) is 9.82 Å². The van der Waals surface area contributed by atoms with E-state index in [9.17, 15) is 8.42 Å². The summed E-state index contributed by atoms with van der Waals surface area (Å²) in [6, 6.07) is 17.4. The van der Waals surface area contributed by atoms with E-state index in [0.29, 0.717) is 5.75 Å². The van der Waals surface area contributed by atoms with Crippen LogP contribution in [0.4, 0.5) is 0 Å². The van der Waals surface area contributed by atoms with Gasteiger partial charge in [-0.15, -0.1) is 11.8 Å². The van der Waals surface area contributed by atoms with Crippen molar-refractivity contribution in [1.82, 2.24) is 14.5 Å². The van der Waals surface area contributed by atoms with Crippen molar-refractivity contribution in [2.45, 2.75) is 5.03 Å². The molecule has 0 amide bonds. The molecule has 0 fully saturated rings. The first kappa shape index (κ1) is 21.2. The molecule has 0 unspecified atom stereocenters. The number of aromatic nitrogens is 2. The molecule has 154 valence electrons. The number of rotatable bonds is 9. The fourth-order valence-corrected chi connectivity index (χ4v) is 3.55. The summed E-state index contributed by atoms with van der Waals surface area (Å²) in [4.78, 5) is 0. The Hall–Kier alpha value is -2.49. The maximum atomic E-state index is 11.1. The van der Waals surface area contributed by atoms with Gasteiger partial charge < -0.3 is 9.47 Å². The third-order valence-corrected chi connectivity index (χ3v) is 5.44. The Kier molecular flexibility index (Phi) is 6.83. The first-order valence-corrected chi connectivity index (χ1v) is 12.0. The SMILES string of the molecule is COc1ccc(-n2nc(SC)cc2-c2ccc(OCCNS(C)(=O)=O)cc2)cc1.